The summed E-state index contributed by atoms with van der Waals surface area (Å²) in [6.45, 7) is 6.36. The summed E-state index contributed by atoms with van der Waals surface area (Å²) in [5, 5.41) is 0. The van der Waals surface area contributed by atoms with Crippen molar-refractivity contribution >= 4 is 11.6 Å². The zero-order chi connectivity index (χ0) is 17.2. The fraction of sp³-hybridized carbons (Fsp3) is 0.667. The Balaban J connectivity index is 3.10. The van der Waals surface area contributed by atoms with Crippen LogP contribution in [0.4, 0.5) is 5.82 Å². The summed E-state index contributed by atoms with van der Waals surface area (Å²) in [7, 11) is 4.62. The van der Waals surface area contributed by atoms with E-state index in [1.165, 1.54) is 14.1 Å². The van der Waals surface area contributed by atoms with Crippen LogP contribution in [-0.4, -0.2) is 39.5 Å². The molecule has 0 fully saturated rings. The van der Waals surface area contributed by atoms with Crippen LogP contribution in [-0.2, 0) is 14.1 Å². The molecular formula is C15H26N4O3. The highest BCUT2D eigenvalue weighted by Gasteiger charge is 2.22. The molecule has 0 aliphatic rings. The van der Waals surface area contributed by atoms with Crippen molar-refractivity contribution in [3.8, 4) is 0 Å². The summed E-state index contributed by atoms with van der Waals surface area (Å²) in [5.74, 6) is 0.0675. The molecular weight excluding hydrogens is 284 g/mol. The average Bonchev–Trinajstić information content (AvgIpc) is 2.42. The van der Waals surface area contributed by atoms with Gasteiger partial charge in [-0.05, 0) is 26.3 Å². The standard InChI is InChI=1S/C15H26N4O3/c1-9(2)7-10(3)17(4)8-11(20)12-13(16)18(5)15(22)19(6)14(12)21/h9-10H,7-8,16H2,1-6H3/t10-/m0/s1. The number of aromatic nitrogens is 2. The van der Waals surface area contributed by atoms with Gasteiger partial charge in [-0.25, -0.2) is 4.79 Å². The monoisotopic (exact) mass is 310 g/mol. The number of carbonyl (C=O) groups is 1. The molecule has 0 amide bonds. The Morgan fingerprint density at radius 1 is 1.18 bits per heavy atom. The quantitative estimate of drug-likeness (QED) is 0.759. The number of hydrogen-bond acceptors (Lipinski definition) is 5. The highest BCUT2D eigenvalue weighted by atomic mass is 16.2. The van der Waals surface area contributed by atoms with Crippen molar-refractivity contribution in [2.24, 2.45) is 20.0 Å². The molecule has 0 spiro atoms. The second-order valence-electron chi connectivity index (χ2n) is 6.28. The molecule has 7 nitrogen and oxygen atoms in total. The summed E-state index contributed by atoms with van der Waals surface area (Å²) in [4.78, 5) is 38.3. The third kappa shape index (κ3) is 3.65. The van der Waals surface area contributed by atoms with Crippen LogP contribution in [0.1, 0.15) is 37.6 Å². The van der Waals surface area contributed by atoms with E-state index in [-0.39, 0.29) is 29.8 Å². The fourth-order valence-corrected chi connectivity index (χ4v) is 2.45. The lowest BCUT2D eigenvalue weighted by Crippen LogP contribution is -2.43. The van der Waals surface area contributed by atoms with Gasteiger partial charge in [0.25, 0.3) is 5.56 Å². The van der Waals surface area contributed by atoms with Crippen LogP contribution in [0.5, 0.6) is 0 Å². The minimum atomic E-state index is -0.643. The number of nitrogens with zero attached hydrogens (tertiary/aromatic N) is 3. The molecule has 0 aliphatic carbocycles. The van der Waals surface area contributed by atoms with Crippen molar-refractivity contribution in [1.29, 1.82) is 0 Å². The van der Waals surface area contributed by atoms with Gasteiger partial charge in [0.05, 0.1) is 6.54 Å². The van der Waals surface area contributed by atoms with Gasteiger partial charge in [-0.15, -0.1) is 0 Å². The van der Waals surface area contributed by atoms with E-state index < -0.39 is 11.2 Å². The van der Waals surface area contributed by atoms with Gasteiger partial charge in [-0.1, -0.05) is 13.8 Å². The normalized spacial score (nSPS) is 12.9. The molecule has 2 N–H and O–H groups in total. The van der Waals surface area contributed by atoms with Gasteiger partial charge < -0.3 is 5.73 Å². The maximum absolute atomic E-state index is 12.5. The number of nitrogen functional groups attached to an aromatic ring is 1. The van der Waals surface area contributed by atoms with Gasteiger partial charge >= 0.3 is 5.69 Å². The average molecular weight is 310 g/mol. The van der Waals surface area contributed by atoms with Crippen molar-refractivity contribution in [2.45, 2.75) is 33.2 Å². The lowest BCUT2D eigenvalue weighted by Gasteiger charge is -2.25. The molecule has 1 rings (SSSR count). The molecule has 1 heterocycles. The van der Waals surface area contributed by atoms with Gasteiger partial charge in [-0.3, -0.25) is 23.6 Å². The number of nitrogens with two attached hydrogens (primary N) is 1. The molecule has 1 aromatic rings. The molecule has 1 atom stereocenters. The first-order chi connectivity index (χ1) is 10.1. The van der Waals surface area contributed by atoms with Crippen molar-refractivity contribution in [1.82, 2.24) is 14.0 Å². The van der Waals surface area contributed by atoms with Gasteiger partial charge in [0.15, 0.2) is 5.78 Å². The van der Waals surface area contributed by atoms with Crippen LogP contribution < -0.4 is 17.0 Å². The molecule has 0 unspecified atom stereocenters. The zero-order valence-corrected chi connectivity index (χ0v) is 14.2. The molecule has 0 saturated carbocycles. The Morgan fingerprint density at radius 3 is 2.23 bits per heavy atom. The second-order valence-corrected chi connectivity index (χ2v) is 6.28. The summed E-state index contributed by atoms with van der Waals surface area (Å²) in [6, 6.07) is 0.210. The highest BCUT2D eigenvalue weighted by Crippen LogP contribution is 2.11. The minimum absolute atomic E-state index is 0.0805. The Bertz CT molecular complexity index is 673. The van der Waals surface area contributed by atoms with E-state index in [4.69, 9.17) is 5.73 Å². The molecule has 22 heavy (non-hydrogen) atoms. The van der Waals surface area contributed by atoms with E-state index in [1.54, 1.807) is 0 Å². The van der Waals surface area contributed by atoms with Crippen LogP contribution in [0.2, 0.25) is 0 Å². The maximum atomic E-state index is 12.5. The number of ketones is 1. The number of carbonyl (C=O) groups excluding carboxylic acids is 1. The van der Waals surface area contributed by atoms with Crippen LogP contribution in [0.15, 0.2) is 9.59 Å². The molecule has 0 bridgehead atoms. The predicted molar refractivity (Wildman–Crippen MR) is 87.2 cm³/mol. The van der Waals surface area contributed by atoms with Gasteiger partial charge in [0.2, 0.25) is 0 Å². The fourth-order valence-electron chi connectivity index (χ4n) is 2.45. The largest absolute Gasteiger partial charge is 0.384 e. The topological polar surface area (TPSA) is 90.3 Å². The third-order valence-electron chi connectivity index (χ3n) is 3.95. The van der Waals surface area contributed by atoms with Gasteiger partial charge in [0, 0.05) is 20.1 Å². The summed E-state index contributed by atoms with van der Waals surface area (Å²) < 4.78 is 2.02. The lowest BCUT2D eigenvalue weighted by molar-refractivity contribution is 0.0914. The zero-order valence-electron chi connectivity index (χ0n) is 14.2. The van der Waals surface area contributed by atoms with Crippen LogP contribution >= 0.6 is 0 Å². The molecule has 0 radical (unpaired) electrons. The molecule has 124 valence electrons. The van der Waals surface area contributed by atoms with Crippen molar-refractivity contribution < 1.29 is 4.79 Å². The number of Topliss-reactive ketones (excluding diaryl/α,β-unsaturated/α-hetero) is 1. The number of rotatable bonds is 6. The molecule has 0 saturated heterocycles. The molecule has 0 aliphatic heterocycles. The number of anilines is 1. The number of hydrogen-bond donors (Lipinski definition) is 1. The van der Waals surface area contributed by atoms with E-state index in [0.29, 0.717) is 5.92 Å². The van der Waals surface area contributed by atoms with E-state index in [0.717, 1.165) is 15.6 Å². The predicted octanol–water partition coefficient (Wildman–Crippen LogP) is 0.215. The van der Waals surface area contributed by atoms with Crippen LogP contribution in [0, 0.1) is 5.92 Å². The van der Waals surface area contributed by atoms with Crippen molar-refractivity contribution in [3.05, 3.63) is 26.4 Å². The Hall–Kier alpha value is -1.89. The third-order valence-corrected chi connectivity index (χ3v) is 3.95. The Kier molecular flexibility index (Phi) is 5.71. The van der Waals surface area contributed by atoms with Gasteiger partial charge in [-0.2, -0.15) is 0 Å². The van der Waals surface area contributed by atoms with Crippen LogP contribution in [0.25, 0.3) is 0 Å². The molecule has 7 heteroatoms. The van der Waals surface area contributed by atoms with E-state index in [9.17, 15) is 14.4 Å². The van der Waals surface area contributed by atoms with Crippen molar-refractivity contribution in [2.75, 3.05) is 19.3 Å². The number of likely N-dealkylation sites (N-methyl/N-ethyl adjacent to an activating group) is 1. The Labute approximate surface area is 130 Å². The molecule has 1 aromatic heterocycles. The SMILES string of the molecule is CC(C)C[C@H](C)N(C)CC(=O)c1c(N)n(C)c(=O)n(C)c1=O. The Morgan fingerprint density at radius 2 is 1.73 bits per heavy atom. The molecule has 0 aromatic carbocycles. The minimum Gasteiger partial charge on any atom is -0.384 e. The first kappa shape index (κ1) is 18.2. The van der Waals surface area contributed by atoms with E-state index >= 15 is 0 Å². The first-order valence-electron chi connectivity index (χ1n) is 7.36. The van der Waals surface area contributed by atoms with Crippen molar-refractivity contribution in [3.63, 3.8) is 0 Å². The summed E-state index contributed by atoms with van der Waals surface area (Å²) >= 11 is 0. The highest BCUT2D eigenvalue weighted by molar-refractivity contribution is 6.01. The summed E-state index contributed by atoms with van der Waals surface area (Å²) in [6.07, 6.45) is 0.949. The summed E-state index contributed by atoms with van der Waals surface area (Å²) in [5.41, 5.74) is 4.50. The van der Waals surface area contributed by atoms with E-state index in [2.05, 4.69) is 13.8 Å². The van der Waals surface area contributed by atoms with Crippen LogP contribution in [0.3, 0.4) is 0 Å². The first-order valence-corrected chi connectivity index (χ1v) is 7.36. The van der Waals surface area contributed by atoms with E-state index in [1.807, 2.05) is 18.9 Å². The van der Waals surface area contributed by atoms with Gasteiger partial charge in [0.1, 0.15) is 11.4 Å². The second kappa shape index (κ2) is 6.91. The smallest absolute Gasteiger partial charge is 0.332 e. The maximum Gasteiger partial charge on any atom is 0.332 e. The lowest BCUT2D eigenvalue weighted by atomic mass is 10.0.